The maximum absolute atomic E-state index is 5.46. The number of nitrogen functional groups attached to an aromatic ring is 1. The number of rotatable bonds is 4. The molecule has 0 bridgehead atoms. The fourth-order valence-electron chi connectivity index (χ4n) is 1.62. The molecule has 1 aliphatic rings. The first-order valence-corrected chi connectivity index (χ1v) is 6.41. The summed E-state index contributed by atoms with van der Waals surface area (Å²) in [7, 11) is 0. The van der Waals surface area contributed by atoms with Crippen molar-refractivity contribution in [2.75, 3.05) is 12.3 Å². The Morgan fingerprint density at radius 2 is 2.33 bits per heavy atom. The van der Waals surface area contributed by atoms with Crippen molar-refractivity contribution >= 4 is 16.5 Å². The van der Waals surface area contributed by atoms with Crippen LogP contribution >= 0.6 is 11.3 Å². The van der Waals surface area contributed by atoms with Crippen molar-refractivity contribution in [3.05, 3.63) is 29.6 Å². The van der Waals surface area contributed by atoms with E-state index in [1.165, 1.54) is 11.3 Å². The quantitative estimate of drug-likeness (QED) is 0.902. The molecule has 1 fully saturated rings. The average Bonchev–Trinajstić information content (AvgIpc) is 2.72. The van der Waals surface area contributed by atoms with Crippen LogP contribution in [0.4, 0.5) is 5.13 Å². The minimum atomic E-state index is 0.218. The van der Waals surface area contributed by atoms with Gasteiger partial charge in [-0.1, -0.05) is 11.2 Å². The molecule has 1 saturated heterocycles. The van der Waals surface area contributed by atoms with E-state index in [0.29, 0.717) is 16.9 Å². The Morgan fingerprint density at radius 1 is 1.44 bits per heavy atom. The smallest absolute Gasteiger partial charge is 0.296 e. The number of hydrogen-bond donors (Lipinski definition) is 1. The normalized spacial score (nSPS) is 18.3. The number of anilines is 1. The Kier molecular flexibility index (Phi) is 3.07. The van der Waals surface area contributed by atoms with E-state index in [0.717, 1.165) is 24.3 Å². The Labute approximate surface area is 108 Å². The second kappa shape index (κ2) is 4.87. The molecule has 2 aromatic heterocycles. The molecule has 18 heavy (non-hydrogen) atoms. The summed E-state index contributed by atoms with van der Waals surface area (Å²) < 4.78 is 10.8. The Hall–Kier alpha value is -1.73. The van der Waals surface area contributed by atoms with Crippen molar-refractivity contribution in [2.24, 2.45) is 0 Å². The lowest BCUT2D eigenvalue weighted by molar-refractivity contribution is -0.0529. The maximum atomic E-state index is 5.46. The van der Waals surface area contributed by atoms with Crippen LogP contribution in [0.2, 0.25) is 0 Å². The van der Waals surface area contributed by atoms with Crippen molar-refractivity contribution in [1.29, 1.82) is 0 Å². The van der Waals surface area contributed by atoms with E-state index in [1.54, 1.807) is 0 Å². The predicted octanol–water partition coefficient (Wildman–Crippen LogP) is 1.56. The van der Waals surface area contributed by atoms with Crippen LogP contribution in [0.5, 0.6) is 5.19 Å². The Bertz CT molecular complexity index is 524. The zero-order valence-electron chi connectivity index (χ0n) is 9.57. The minimum absolute atomic E-state index is 0.218. The van der Waals surface area contributed by atoms with Crippen LogP contribution in [0.15, 0.2) is 18.3 Å². The predicted molar refractivity (Wildman–Crippen MR) is 66.2 cm³/mol. The fourth-order valence-corrected chi connectivity index (χ4v) is 2.08. The highest BCUT2D eigenvalue weighted by atomic mass is 32.1. The molecule has 6 nitrogen and oxygen atoms in total. The zero-order valence-corrected chi connectivity index (χ0v) is 10.4. The first-order valence-electron chi connectivity index (χ1n) is 5.59. The Balaban J connectivity index is 1.59. The number of nitrogens with two attached hydrogens (primary N) is 1. The topological polar surface area (TPSA) is 83.2 Å². The van der Waals surface area contributed by atoms with Gasteiger partial charge in [0, 0.05) is 12.6 Å². The first-order chi connectivity index (χ1) is 8.81. The minimum Gasteiger partial charge on any atom is -0.462 e. The average molecular weight is 264 g/mol. The summed E-state index contributed by atoms with van der Waals surface area (Å²) in [6.07, 6.45) is 3.12. The van der Waals surface area contributed by atoms with Gasteiger partial charge in [0.15, 0.2) is 0 Å². The van der Waals surface area contributed by atoms with Gasteiger partial charge in [0.25, 0.3) is 5.19 Å². The standard InChI is InChI=1S/C11H12N4O2S/c12-10-14-15-11(18-10)17-6-8-2-1-7(5-13-8)9-3-4-16-9/h1-2,5,9H,3-4,6H2,(H2,12,14). The van der Waals surface area contributed by atoms with Crippen molar-refractivity contribution in [3.63, 3.8) is 0 Å². The van der Waals surface area contributed by atoms with Gasteiger partial charge in [0.1, 0.15) is 6.61 Å². The van der Waals surface area contributed by atoms with Crippen molar-refractivity contribution in [1.82, 2.24) is 15.2 Å². The highest BCUT2D eigenvalue weighted by Crippen LogP contribution is 2.28. The largest absolute Gasteiger partial charge is 0.462 e. The van der Waals surface area contributed by atoms with Gasteiger partial charge in [-0.25, -0.2) is 0 Å². The highest BCUT2D eigenvalue weighted by molar-refractivity contribution is 7.16. The summed E-state index contributed by atoms with van der Waals surface area (Å²) >= 11 is 1.21. The first kappa shape index (κ1) is 11.4. The van der Waals surface area contributed by atoms with Crippen LogP contribution in [0.25, 0.3) is 0 Å². The van der Waals surface area contributed by atoms with Crippen molar-refractivity contribution in [2.45, 2.75) is 19.1 Å². The second-order valence-electron chi connectivity index (χ2n) is 3.93. The van der Waals surface area contributed by atoms with Crippen molar-refractivity contribution in [3.8, 4) is 5.19 Å². The number of aromatic nitrogens is 3. The SMILES string of the molecule is Nc1nnc(OCc2ccc(C3CCO3)cn2)s1. The molecule has 3 heterocycles. The van der Waals surface area contributed by atoms with E-state index in [-0.39, 0.29) is 6.10 Å². The molecule has 0 saturated carbocycles. The molecule has 1 aliphatic heterocycles. The van der Waals surface area contributed by atoms with Gasteiger partial charge in [-0.05, 0) is 23.0 Å². The molecule has 2 N–H and O–H groups in total. The van der Waals surface area contributed by atoms with Gasteiger partial charge in [0.2, 0.25) is 5.13 Å². The van der Waals surface area contributed by atoms with Gasteiger partial charge in [0.05, 0.1) is 18.4 Å². The molecule has 0 aromatic carbocycles. The summed E-state index contributed by atoms with van der Waals surface area (Å²) in [5, 5.41) is 8.30. The number of ether oxygens (including phenoxy) is 2. The molecule has 94 valence electrons. The molecule has 0 spiro atoms. The molecular formula is C11H12N4O2S. The number of hydrogen-bond acceptors (Lipinski definition) is 7. The summed E-state index contributed by atoms with van der Waals surface area (Å²) in [4.78, 5) is 4.32. The third-order valence-corrected chi connectivity index (χ3v) is 3.35. The third kappa shape index (κ3) is 2.41. The number of pyridine rings is 1. The molecule has 0 amide bonds. The lowest BCUT2D eigenvalue weighted by Gasteiger charge is -2.26. The van der Waals surface area contributed by atoms with Crippen LogP contribution in [0, 0.1) is 0 Å². The fraction of sp³-hybridized carbons (Fsp3) is 0.364. The van der Waals surface area contributed by atoms with Gasteiger partial charge < -0.3 is 15.2 Å². The van der Waals surface area contributed by atoms with Gasteiger partial charge >= 0.3 is 0 Å². The molecular weight excluding hydrogens is 252 g/mol. The summed E-state index contributed by atoms with van der Waals surface area (Å²) in [6.45, 7) is 1.20. The maximum Gasteiger partial charge on any atom is 0.296 e. The van der Waals surface area contributed by atoms with Gasteiger partial charge in [-0.3, -0.25) is 4.98 Å². The van der Waals surface area contributed by atoms with E-state index in [4.69, 9.17) is 15.2 Å². The summed E-state index contributed by atoms with van der Waals surface area (Å²) in [6, 6.07) is 3.95. The Morgan fingerprint density at radius 3 is 2.89 bits per heavy atom. The lowest BCUT2D eigenvalue weighted by atomic mass is 10.1. The van der Waals surface area contributed by atoms with E-state index >= 15 is 0 Å². The summed E-state index contributed by atoms with van der Waals surface area (Å²) in [5.41, 5.74) is 7.41. The highest BCUT2D eigenvalue weighted by Gasteiger charge is 2.20. The van der Waals surface area contributed by atoms with Crippen LogP contribution in [0.1, 0.15) is 23.8 Å². The van der Waals surface area contributed by atoms with Crippen LogP contribution in [-0.2, 0) is 11.3 Å². The molecule has 1 unspecified atom stereocenters. The zero-order chi connectivity index (χ0) is 12.4. The third-order valence-electron chi connectivity index (χ3n) is 2.68. The van der Waals surface area contributed by atoms with E-state index in [2.05, 4.69) is 15.2 Å². The van der Waals surface area contributed by atoms with E-state index in [1.807, 2.05) is 18.3 Å². The molecule has 1 atom stereocenters. The van der Waals surface area contributed by atoms with Crippen LogP contribution in [-0.4, -0.2) is 21.8 Å². The van der Waals surface area contributed by atoms with E-state index in [9.17, 15) is 0 Å². The van der Waals surface area contributed by atoms with E-state index < -0.39 is 0 Å². The van der Waals surface area contributed by atoms with Crippen molar-refractivity contribution < 1.29 is 9.47 Å². The van der Waals surface area contributed by atoms with Gasteiger partial charge in [-0.15, -0.1) is 5.10 Å². The molecule has 2 aromatic rings. The van der Waals surface area contributed by atoms with Crippen LogP contribution < -0.4 is 10.5 Å². The lowest BCUT2D eigenvalue weighted by Crippen LogP contribution is -2.18. The number of nitrogens with zero attached hydrogens (tertiary/aromatic N) is 3. The molecule has 0 radical (unpaired) electrons. The van der Waals surface area contributed by atoms with Gasteiger partial charge in [-0.2, -0.15) is 0 Å². The molecule has 3 rings (SSSR count). The molecule has 7 heteroatoms. The summed E-state index contributed by atoms with van der Waals surface area (Å²) in [5.74, 6) is 0. The second-order valence-corrected chi connectivity index (χ2v) is 4.90. The van der Waals surface area contributed by atoms with Crippen LogP contribution in [0.3, 0.4) is 0 Å². The molecule has 0 aliphatic carbocycles. The monoisotopic (exact) mass is 264 g/mol.